The number of carboxylic acids is 1. The van der Waals surface area contributed by atoms with E-state index in [1.807, 2.05) is 0 Å². The zero-order valence-electron chi connectivity index (χ0n) is 9.60. The molecule has 0 radical (unpaired) electrons. The molecular weight excluding hydrogens is 212 g/mol. The van der Waals surface area contributed by atoms with Crippen LogP contribution in [-0.4, -0.2) is 40.4 Å². The molecule has 6 heteroatoms. The molecule has 3 N–H and O–H groups in total. The van der Waals surface area contributed by atoms with Crippen LogP contribution in [0.4, 0.5) is 0 Å². The van der Waals surface area contributed by atoms with E-state index >= 15 is 0 Å². The van der Waals surface area contributed by atoms with Crippen LogP contribution in [0, 0.1) is 0 Å². The minimum absolute atomic E-state index is 0.296. The summed E-state index contributed by atoms with van der Waals surface area (Å²) in [6, 6.07) is -0.872. The number of carbonyl (C=O) groups is 3. The lowest BCUT2D eigenvalue weighted by Gasteiger charge is -2.16. The fourth-order valence-corrected chi connectivity index (χ4v) is 1.29. The normalized spacial score (nSPS) is 11.9. The van der Waals surface area contributed by atoms with Crippen LogP contribution in [0.1, 0.15) is 33.1 Å². The molecule has 0 aliphatic rings. The minimum Gasteiger partial charge on any atom is -0.480 e. The van der Waals surface area contributed by atoms with Gasteiger partial charge in [-0.05, 0) is 19.3 Å². The molecule has 0 unspecified atom stereocenters. The number of imide groups is 1. The Kier molecular flexibility index (Phi) is 6.32. The number of hydrogen-bond donors (Lipinski definition) is 2. The van der Waals surface area contributed by atoms with E-state index in [4.69, 9.17) is 10.8 Å². The predicted octanol–water partition coefficient (Wildman–Crippen LogP) is -0.0364. The van der Waals surface area contributed by atoms with Crippen LogP contribution < -0.4 is 5.73 Å². The molecule has 0 aromatic heterocycles. The number of nitrogens with zero attached hydrogens (tertiary/aromatic N) is 1. The summed E-state index contributed by atoms with van der Waals surface area (Å²) in [6.45, 7) is 2.96. The molecule has 2 amide bonds. The van der Waals surface area contributed by atoms with Crippen molar-refractivity contribution >= 4 is 17.8 Å². The Hall–Kier alpha value is -1.43. The Morgan fingerprint density at radius 2 is 1.69 bits per heavy atom. The molecule has 0 saturated heterocycles. The third-order valence-corrected chi connectivity index (χ3v) is 2.22. The predicted molar refractivity (Wildman–Crippen MR) is 57.5 cm³/mol. The third-order valence-electron chi connectivity index (χ3n) is 2.22. The Morgan fingerprint density at radius 1 is 1.19 bits per heavy atom. The van der Waals surface area contributed by atoms with Crippen LogP contribution in [-0.2, 0) is 14.4 Å². The average molecular weight is 230 g/mol. The van der Waals surface area contributed by atoms with Gasteiger partial charge in [0, 0.05) is 20.4 Å². The molecule has 92 valence electrons. The first-order valence-electron chi connectivity index (χ1n) is 5.13. The Labute approximate surface area is 94.4 Å². The molecule has 1 atom stereocenters. The summed E-state index contributed by atoms with van der Waals surface area (Å²) in [4.78, 5) is 33.5. The van der Waals surface area contributed by atoms with Gasteiger partial charge in [-0.25, -0.2) is 0 Å². The molecule has 0 rings (SSSR count). The van der Waals surface area contributed by atoms with Gasteiger partial charge in [-0.3, -0.25) is 19.3 Å². The number of aliphatic carboxylic acids is 1. The number of carboxylic acid groups (broad SMARTS) is 1. The molecule has 16 heavy (non-hydrogen) atoms. The fourth-order valence-electron chi connectivity index (χ4n) is 1.29. The first kappa shape index (κ1) is 14.6. The van der Waals surface area contributed by atoms with E-state index in [2.05, 4.69) is 0 Å². The van der Waals surface area contributed by atoms with Gasteiger partial charge in [0.15, 0.2) is 0 Å². The largest absolute Gasteiger partial charge is 0.480 e. The molecule has 0 saturated carbocycles. The van der Waals surface area contributed by atoms with Crippen molar-refractivity contribution in [3.8, 4) is 0 Å². The first-order valence-corrected chi connectivity index (χ1v) is 5.13. The van der Waals surface area contributed by atoms with Gasteiger partial charge in [0.1, 0.15) is 6.04 Å². The van der Waals surface area contributed by atoms with Crippen LogP contribution in [0.5, 0.6) is 0 Å². The lowest BCUT2D eigenvalue weighted by atomic mass is 10.1. The van der Waals surface area contributed by atoms with Crippen molar-refractivity contribution in [2.75, 3.05) is 6.54 Å². The molecule has 0 aliphatic heterocycles. The van der Waals surface area contributed by atoms with Crippen LogP contribution in [0.25, 0.3) is 0 Å². The van der Waals surface area contributed by atoms with E-state index in [0.717, 1.165) is 4.90 Å². The summed E-state index contributed by atoms with van der Waals surface area (Å²) in [5, 5.41) is 8.52. The standard InChI is InChI=1S/C10H18N2O4/c1-7(13)12(8(2)14)6-4-3-5-9(11)10(15)16/h9H,3-6,11H2,1-2H3,(H,15,16)/t9-/m0/s1. The highest BCUT2D eigenvalue weighted by molar-refractivity contribution is 5.92. The van der Waals surface area contributed by atoms with Crippen molar-refractivity contribution in [2.45, 2.75) is 39.2 Å². The minimum atomic E-state index is -1.03. The van der Waals surface area contributed by atoms with Crippen molar-refractivity contribution in [1.29, 1.82) is 0 Å². The smallest absolute Gasteiger partial charge is 0.320 e. The third kappa shape index (κ3) is 5.45. The second kappa shape index (κ2) is 6.95. The summed E-state index contributed by atoms with van der Waals surface area (Å²) < 4.78 is 0. The van der Waals surface area contributed by atoms with E-state index in [1.54, 1.807) is 0 Å². The Bertz CT molecular complexity index is 264. The van der Waals surface area contributed by atoms with E-state index in [-0.39, 0.29) is 11.8 Å². The SMILES string of the molecule is CC(=O)N(CCCC[C@H](N)C(=O)O)C(C)=O. The lowest BCUT2D eigenvalue weighted by Crippen LogP contribution is -2.34. The van der Waals surface area contributed by atoms with Crippen LogP contribution in [0.3, 0.4) is 0 Å². The summed E-state index contributed by atoms with van der Waals surface area (Å²) in [6.07, 6.45) is 1.49. The van der Waals surface area contributed by atoms with Crippen molar-refractivity contribution in [2.24, 2.45) is 5.73 Å². The molecule has 0 aromatic carbocycles. The topological polar surface area (TPSA) is 101 Å². The monoisotopic (exact) mass is 230 g/mol. The van der Waals surface area contributed by atoms with Gasteiger partial charge in [-0.1, -0.05) is 0 Å². The molecule has 0 spiro atoms. The van der Waals surface area contributed by atoms with E-state index in [1.165, 1.54) is 13.8 Å². The second-order valence-electron chi connectivity index (χ2n) is 3.63. The summed E-state index contributed by atoms with van der Waals surface area (Å²) >= 11 is 0. The van der Waals surface area contributed by atoms with Gasteiger partial charge >= 0.3 is 5.97 Å². The van der Waals surface area contributed by atoms with Gasteiger partial charge in [-0.15, -0.1) is 0 Å². The van der Waals surface area contributed by atoms with Crippen molar-refractivity contribution in [3.63, 3.8) is 0 Å². The average Bonchev–Trinajstić information content (AvgIpc) is 2.15. The number of amides is 2. The number of unbranched alkanes of at least 4 members (excludes halogenated alkanes) is 1. The van der Waals surface area contributed by atoms with Crippen LogP contribution >= 0.6 is 0 Å². The molecule has 6 nitrogen and oxygen atoms in total. The number of hydrogen-bond acceptors (Lipinski definition) is 4. The lowest BCUT2D eigenvalue weighted by molar-refractivity contribution is -0.142. The van der Waals surface area contributed by atoms with E-state index < -0.39 is 12.0 Å². The molecular formula is C10H18N2O4. The molecule has 0 bridgehead atoms. The first-order chi connectivity index (χ1) is 7.36. The molecule has 0 heterocycles. The quantitative estimate of drug-likeness (QED) is 0.624. The number of rotatable bonds is 6. The highest BCUT2D eigenvalue weighted by Crippen LogP contribution is 2.02. The molecule has 0 aromatic rings. The van der Waals surface area contributed by atoms with Crippen molar-refractivity contribution in [3.05, 3.63) is 0 Å². The van der Waals surface area contributed by atoms with Gasteiger partial charge in [-0.2, -0.15) is 0 Å². The Balaban J connectivity index is 3.84. The zero-order chi connectivity index (χ0) is 12.7. The maximum atomic E-state index is 11.0. The van der Waals surface area contributed by atoms with Gasteiger partial charge in [0.05, 0.1) is 0 Å². The van der Waals surface area contributed by atoms with Gasteiger partial charge in [0.2, 0.25) is 11.8 Å². The van der Waals surface area contributed by atoms with Gasteiger partial charge < -0.3 is 10.8 Å². The summed E-state index contributed by atoms with van der Waals surface area (Å²) in [7, 11) is 0. The molecule has 0 aliphatic carbocycles. The maximum absolute atomic E-state index is 11.0. The highest BCUT2D eigenvalue weighted by atomic mass is 16.4. The fraction of sp³-hybridized carbons (Fsp3) is 0.700. The van der Waals surface area contributed by atoms with Gasteiger partial charge in [0.25, 0.3) is 0 Å². The van der Waals surface area contributed by atoms with Crippen LogP contribution in [0.15, 0.2) is 0 Å². The number of nitrogens with two attached hydrogens (primary N) is 1. The number of carbonyl (C=O) groups excluding carboxylic acids is 2. The van der Waals surface area contributed by atoms with E-state index in [0.29, 0.717) is 25.8 Å². The summed E-state index contributed by atoms with van der Waals surface area (Å²) in [5.41, 5.74) is 5.31. The maximum Gasteiger partial charge on any atom is 0.320 e. The highest BCUT2D eigenvalue weighted by Gasteiger charge is 2.14. The molecule has 0 fully saturated rings. The van der Waals surface area contributed by atoms with Crippen LogP contribution in [0.2, 0.25) is 0 Å². The second-order valence-corrected chi connectivity index (χ2v) is 3.63. The van der Waals surface area contributed by atoms with E-state index in [9.17, 15) is 14.4 Å². The zero-order valence-corrected chi connectivity index (χ0v) is 9.60. The summed E-state index contributed by atoms with van der Waals surface area (Å²) in [5.74, 6) is -1.62. The van der Waals surface area contributed by atoms with Crippen molar-refractivity contribution in [1.82, 2.24) is 4.90 Å². The van der Waals surface area contributed by atoms with Crippen molar-refractivity contribution < 1.29 is 19.5 Å². The Morgan fingerprint density at radius 3 is 2.06 bits per heavy atom.